The molecule has 0 aliphatic heterocycles. The van der Waals surface area contributed by atoms with Crippen molar-refractivity contribution in [3.63, 3.8) is 0 Å². The summed E-state index contributed by atoms with van der Waals surface area (Å²) >= 11 is 7.61. The molecule has 3 rings (SSSR count). The maximum atomic E-state index is 12.5. The maximum Gasteiger partial charge on any atom is 0.255 e. The Balaban J connectivity index is 1.71. The van der Waals surface area contributed by atoms with Gasteiger partial charge in [0.1, 0.15) is 0 Å². The van der Waals surface area contributed by atoms with Crippen LogP contribution in [-0.2, 0) is 5.75 Å². The van der Waals surface area contributed by atoms with E-state index in [1.165, 1.54) is 5.56 Å². The second-order valence-corrected chi connectivity index (χ2v) is 7.19. The molecule has 2 nitrogen and oxygen atoms in total. The van der Waals surface area contributed by atoms with Crippen LogP contribution in [-0.4, -0.2) is 5.91 Å². The quantitative estimate of drug-likeness (QED) is 0.544. The number of halogens is 1. The lowest BCUT2D eigenvalue weighted by Gasteiger charge is -2.11. The number of carbonyl (C=O) groups is 1. The average molecular weight is 368 g/mol. The Kier molecular flexibility index (Phi) is 5.79. The topological polar surface area (TPSA) is 29.1 Å². The van der Waals surface area contributed by atoms with Crippen LogP contribution in [0.4, 0.5) is 5.69 Å². The fraction of sp³-hybridized carbons (Fsp3) is 0.0952. The Morgan fingerprint density at radius 3 is 2.36 bits per heavy atom. The van der Waals surface area contributed by atoms with E-state index in [4.69, 9.17) is 11.6 Å². The van der Waals surface area contributed by atoms with Gasteiger partial charge < -0.3 is 5.32 Å². The Hall–Kier alpha value is -2.23. The molecule has 0 radical (unpaired) electrons. The molecule has 0 aromatic heterocycles. The molecule has 0 bridgehead atoms. The van der Waals surface area contributed by atoms with Gasteiger partial charge in [-0.2, -0.15) is 0 Å². The van der Waals surface area contributed by atoms with E-state index in [1.807, 2.05) is 79.7 Å². The normalized spacial score (nSPS) is 10.5. The van der Waals surface area contributed by atoms with Crippen LogP contribution in [0.5, 0.6) is 0 Å². The number of carbonyl (C=O) groups excluding carboxylic acids is 1. The minimum atomic E-state index is -0.0976. The van der Waals surface area contributed by atoms with Crippen molar-refractivity contribution in [3.05, 3.63) is 94.5 Å². The monoisotopic (exact) mass is 367 g/mol. The molecule has 1 amide bonds. The molecule has 1 N–H and O–H groups in total. The number of aryl methyl sites for hydroxylation is 1. The predicted molar refractivity (Wildman–Crippen MR) is 107 cm³/mol. The molecule has 3 aromatic carbocycles. The van der Waals surface area contributed by atoms with Crippen molar-refractivity contribution in [1.82, 2.24) is 0 Å². The van der Waals surface area contributed by atoms with Gasteiger partial charge in [0.2, 0.25) is 0 Å². The van der Waals surface area contributed by atoms with Crippen molar-refractivity contribution in [3.8, 4) is 0 Å². The van der Waals surface area contributed by atoms with Crippen LogP contribution in [0, 0.1) is 6.92 Å². The van der Waals surface area contributed by atoms with Gasteiger partial charge in [-0.05, 0) is 48.9 Å². The van der Waals surface area contributed by atoms with E-state index in [0.717, 1.165) is 26.9 Å². The van der Waals surface area contributed by atoms with Crippen molar-refractivity contribution in [2.75, 3.05) is 5.32 Å². The Morgan fingerprint density at radius 2 is 1.64 bits per heavy atom. The van der Waals surface area contributed by atoms with Crippen molar-refractivity contribution < 1.29 is 4.79 Å². The van der Waals surface area contributed by atoms with Gasteiger partial charge in [-0.3, -0.25) is 4.79 Å². The zero-order valence-electron chi connectivity index (χ0n) is 13.8. The van der Waals surface area contributed by atoms with E-state index >= 15 is 0 Å². The number of hydrogen-bond acceptors (Lipinski definition) is 2. The third-order valence-electron chi connectivity index (χ3n) is 3.76. The SMILES string of the molecule is Cc1ccc(C(=O)Nc2ccccc2SCc2ccc(Cl)cc2)cc1. The highest BCUT2D eigenvalue weighted by atomic mass is 35.5. The van der Waals surface area contributed by atoms with Gasteiger partial charge in [-0.1, -0.05) is 53.6 Å². The van der Waals surface area contributed by atoms with Gasteiger partial charge in [-0.25, -0.2) is 0 Å². The summed E-state index contributed by atoms with van der Waals surface area (Å²) in [7, 11) is 0. The van der Waals surface area contributed by atoms with Gasteiger partial charge >= 0.3 is 0 Å². The van der Waals surface area contributed by atoms with Gasteiger partial charge in [-0.15, -0.1) is 11.8 Å². The predicted octanol–water partition coefficient (Wildman–Crippen LogP) is 6.19. The highest BCUT2D eigenvalue weighted by Gasteiger charge is 2.09. The molecular weight excluding hydrogens is 350 g/mol. The first-order valence-corrected chi connectivity index (χ1v) is 9.32. The second-order valence-electron chi connectivity index (χ2n) is 5.73. The van der Waals surface area contributed by atoms with Gasteiger partial charge in [0.15, 0.2) is 0 Å². The first-order chi connectivity index (χ1) is 12.1. The largest absolute Gasteiger partial charge is 0.321 e. The van der Waals surface area contributed by atoms with Crippen LogP contribution in [0.2, 0.25) is 5.02 Å². The van der Waals surface area contributed by atoms with Crippen LogP contribution in [0.15, 0.2) is 77.7 Å². The molecule has 3 aromatic rings. The molecule has 0 unspecified atom stereocenters. The summed E-state index contributed by atoms with van der Waals surface area (Å²) < 4.78 is 0. The summed E-state index contributed by atoms with van der Waals surface area (Å²) in [6, 6.07) is 23.2. The summed E-state index contributed by atoms with van der Waals surface area (Å²) in [4.78, 5) is 13.5. The number of benzene rings is 3. The number of thioether (sulfide) groups is 1. The van der Waals surface area contributed by atoms with Crippen molar-refractivity contribution in [2.45, 2.75) is 17.6 Å². The molecule has 0 saturated heterocycles. The zero-order chi connectivity index (χ0) is 17.6. The van der Waals surface area contributed by atoms with E-state index in [1.54, 1.807) is 11.8 Å². The molecule has 0 fully saturated rings. The summed E-state index contributed by atoms with van der Waals surface area (Å²) in [5, 5.41) is 3.75. The van der Waals surface area contributed by atoms with E-state index in [2.05, 4.69) is 5.32 Å². The summed E-state index contributed by atoms with van der Waals surface area (Å²) in [6.07, 6.45) is 0. The fourth-order valence-corrected chi connectivity index (χ4v) is 3.43. The molecule has 0 aliphatic rings. The van der Waals surface area contributed by atoms with Crippen LogP contribution in [0.3, 0.4) is 0 Å². The number of nitrogens with one attached hydrogen (secondary N) is 1. The Labute approximate surface area is 157 Å². The first-order valence-electron chi connectivity index (χ1n) is 7.96. The lowest BCUT2D eigenvalue weighted by Crippen LogP contribution is -2.12. The van der Waals surface area contributed by atoms with E-state index in [9.17, 15) is 4.79 Å². The van der Waals surface area contributed by atoms with Crippen LogP contribution >= 0.6 is 23.4 Å². The lowest BCUT2D eigenvalue weighted by atomic mass is 10.1. The summed E-state index contributed by atoms with van der Waals surface area (Å²) in [5.41, 5.74) is 3.81. The third kappa shape index (κ3) is 4.88. The van der Waals surface area contributed by atoms with Crippen LogP contribution in [0.25, 0.3) is 0 Å². The first kappa shape index (κ1) is 17.6. The molecule has 0 aliphatic carbocycles. The van der Waals surface area contributed by atoms with E-state index < -0.39 is 0 Å². The van der Waals surface area contributed by atoms with E-state index in [-0.39, 0.29) is 5.91 Å². The second kappa shape index (κ2) is 8.24. The fourth-order valence-electron chi connectivity index (χ4n) is 2.34. The van der Waals surface area contributed by atoms with Crippen molar-refractivity contribution >= 4 is 35.0 Å². The molecule has 0 saturated carbocycles. The smallest absolute Gasteiger partial charge is 0.255 e. The minimum Gasteiger partial charge on any atom is -0.321 e. The number of rotatable bonds is 5. The highest BCUT2D eigenvalue weighted by molar-refractivity contribution is 7.98. The minimum absolute atomic E-state index is 0.0976. The van der Waals surface area contributed by atoms with Crippen LogP contribution < -0.4 is 5.32 Å². The number of hydrogen-bond donors (Lipinski definition) is 1. The van der Waals surface area contributed by atoms with E-state index in [0.29, 0.717) is 5.56 Å². The number of amides is 1. The van der Waals surface area contributed by atoms with Gasteiger partial charge in [0, 0.05) is 21.2 Å². The Morgan fingerprint density at radius 1 is 0.960 bits per heavy atom. The highest BCUT2D eigenvalue weighted by Crippen LogP contribution is 2.30. The third-order valence-corrected chi connectivity index (χ3v) is 5.15. The molecule has 25 heavy (non-hydrogen) atoms. The average Bonchev–Trinajstić information content (AvgIpc) is 2.63. The Bertz CT molecular complexity index is 860. The number of anilines is 1. The lowest BCUT2D eigenvalue weighted by molar-refractivity contribution is 0.102. The zero-order valence-corrected chi connectivity index (χ0v) is 15.4. The molecular formula is C21H18ClNOS. The summed E-state index contributed by atoms with van der Waals surface area (Å²) in [5.74, 6) is 0.716. The van der Waals surface area contributed by atoms with Gasteiger partial charge in [0.05, 0.1) is 5.69 Å². The molecule has 0 atom stereocenters. The van der Waals surface area contributed by atoms with Gasteiger partial charge in [0.25, 0.3) is 5.91 Å². The molecule has 0 spiro atoms. The van der Waals surface area contributed by atoms with Crippen LogP contribution in [0.1, 0.15) is 21.5 Å². The molecule has 126 valence electrons. The molecule has 4 heteroatoms. The molecule has 0 heterocycles. The number of para-hydroxylation sites is 1. The van der Waals surface area contributed by atoms with Crippen molar-refractivity contribution in [2.24, 2.45) is 0 Å². The summed E-state index contributed by atoms with van der Waals surface area (Å²) in [6.45, 7) is 2.00. The van der Waals surface area contributed by atoms with Crippen molar-refractivity contribution in [1.29, 1.82) is 0 Å². The maximum absolute atomic E-state index is 12.5. The standard InChI is InChI=1S/C21H18ClNOS/c1-15-6-10-17(11-7-15)21(24)23-19-4-2-3-5-20(19)25-14-16-8-12-18(22)13-9-16/h2-13H,14H2,1H3,(H,23,24).